The summed E-state index contributed by atoms with van der Waals surface area (Å²) in [4.78, 5) is 2.46. The van der Waals surface area contributed by atoms with Crippen LogP contribution in [0, 0.1) is 0 Å². The summed E-state index contributed by atoms with van der Waals surface area (Å²) in [6, 6.07) is 0.691. The van der Waals surface area contributed by atoms with Crippen LogP contribution in [-0.2, 0) is 9.47 Å². The largest absolute Gasteiger partial charge is 0.377 e. The maximum Gasteiger partial charge on any atom is 0.0971 e. The van der Waals surface area contributed by atoms with Crippen LogP contribution in [0.2, 0.25) is 0 Å². The Labute approximate surface area is 108 Å². The molecule has 100 valence electrons. The van der Waals surface area contributed by atoms with E-state index in [1.165, 1.54) is 17.9 Å². The maximum atomic E-state index is 5.45. The Kier molecular flexibility index (Phi) is 5.56. The second kappa shape index (κ2) is 6.95. The summed E-state index contributed by atoms with van der Waals surface area (Å²) in [6.07, 6.45) is 1.72. The van der Waals surface area contributed by atoms with Crippen molar-refractivity contribution in [1.82, 2.24) is 10.2 Å². The molecule has 17 heavy (non-hydrogen) atoms. The molecule has 2 heterocycles. The van der Waals surface area contributed by atoms with Gasteiger partial charge >= 0.3 is 0 Å². The Hall–Kier alpha value is 0.190. The standard InChI is InChI=1S/C12H24N2O2S/c1-15-11-7-14(8-12(11)16-2)5-3-10-9-17-6-4-13-10/h10-13H,3-9H2,1-2H3. The third-order valence-electron chi connectivity index (χ3n) is 3.69. The van der Waals surface area contributed by atoms with Crippen LogP contribution in [0.4, 0.5) is 0 Å². The van der Waals surface area contributed by atoms with Crippen molar-refractivity contribution in [2.75, 3.05) is 51.9 Å². The zero-order chi connectivity index (χ0) is 12.1. The molecule has 0 aromatic heterocycles. The molecule has 2 aliphatic heterocycles. The van der Waals surface area contributed by atoms with Gasteiger partial charge in [-0.25, -0.2) is 0 Å². The number of hydrogen-bond donors (Lipinski definition) is 1. The monoisotopic (exact) mass is 260 g/mol. The van der Waals surface area contributed by atoms with E-state index in [0.717, 1.165) is 26.2 Å². The van der Waals surface area contributed by atoms with Crippen molar-refractivity contribution >= 4 is 11.8 Å². The molecule has 2 saturated heterocycles. The lowest BCUT2D eigenvalue weighted by Gasteiger charge is -2.25. The SMILES string of the molecule is COC1CN(CCC2CSCCN2)CC1OC. The summed E-state index contributed by atoms with van der Waals surface area (Å²) in [5.41, 5.74) is 0. The topological polar surface area (TPSA) is 33.7 Å². The van der Waals surface area contributed by atoms with Crippen molar-refractivity contribution in [2.45, 2.75) is 24.7 Å². The predicted molar refractivity (Wildman–Crippen MR) is 71.8 cm³/mol. The molecule has 0 spiro atoms. The van der Waals surface area contributed by atoms with Crippen molar-refractivity contribution in [3.8, 4) is 0 Å². The third-order valence-corrected chi connectivity index (χ3v) is 4.82. The highest BCUT2D eigenvalue weighted by molar-refractivity contribution is 7.99. The van der Waals surface area contributed by atoms with Gasteiger partial charge in [0, 0.05) is 51.4 Å². The molecule has 2 fully saturated rings. The average Bonchev–Trinajstić information content (AvgIpc) is 2.80. The first kappa shape index (κ1) is 13.6. The highest BCUT2D eigenvalue weighted by Crippen LogP contribution is 2.17. The van der Waals surface area contributed by atoms with Gasteiger partial charge in [0.1, 0.15) is 0 Å². The van der Waals surface area contributed by atoms with Crippen molar-refractivity contribution in [3.63, 3.8) is 0 Å². The van der Waals surface area contributed by atoms with Gasteiger partial charge in [-0.3, -0.25) is 4.90 Å². The number of ether oxygens (including phenoxy) is 2. The Bertz CT molecular complexity index is 213. The first-order valence-corrected chi connectivity index (χ1v) is 7.58. The summed E-state index contributed by atoms with van der Waals surface area (Å²) in [5, 5.41) is 3.58. The van der Waals surface area contributed by atoms with Crippen LogP contribution in [0.15, 0.2) is 0 Å². The molecule has 1 N–H and O–H groups in total. The van der Waals surface area contributed by atoms with Gasteiger partial charge in [-0.2, -0.15) is 11.8 Å². The predicted octanol–water partition coefficient (Wildman–Crippen LogP) is 0.427. The molecule has 5 heteroatoms. The van der Waals surface area contributed by atoms with Crippen LogP contribution in [0.3, 0.4) is 0 Å². The van der Waals surface area contributed by atoms with Gasteiger partial charge in [-0.1, -0.05) is 0 Å². The fraction of sp³-hybridized carbons (Fsp3) is 1.00. The van der Waals surface area contributed by atoms with Crippen LogP contribution in [0.1, 0.15) is 6.42 Å². The van der Waals surface area contributed by atoms with E-state index < -0.39 is 0 Å². The zero-order valence-electron chi connectivity index (χ0n) is 10.9. The minimum Gasteiger partial charge on any atom is -0.377 e. The number of rotatable bonds is 5. The van der Waals surface area contributed by atoms with Gasteiger partial charge in [-0.05, 0) is 13.0 Å². The quantitative estimate of drug-likeness (QED) is 0.775. The number of thioether (sulfide) groups is 1. The van der Waals surface area contributed by atoms with Gasteiger partial charge in [-0.15, -0.1) is 0 Å². The summed E-state index contributed by atoms with van der Waals surface area (Å²) in [6.45, 7) is 4.33. The van der Waals surface area contributed by atoms with E-state index in [-0.39, 0.29) is 12.2 Å². The molecule has 0 aromatic carbocycles. The number of hydrogen-bond acceptors (Lipinski definition) is 5. The Morgan fingerprint density at radius 1 is 1.24 bits per heavy atom. The summed E-state index contributed by atoms with van der Waals surface area (Å²) in [5.74, 6) is 2.52. The van der Waals surface area contributed by atoms with Gasteiger partial charge in [0.2, 0.25) is 0 Å². The fourth-order valence-corrected chi connectivity index (χ4v) is 3.60. The second-order valence-electron chi connectivity index (χ2n) is 4.82. The first-order valence-electron chi connectivity index (χ1n) is 6.42. The maximum absolute atomic E-state index is 5.45. The number of methoxy groups -OCH3 is 2. The molecule has 0 aliphatic carbocycles. The molecular formula is C12H24N2O2S. The molecule has 4 nitrogen and oxygen atoms in total. The lowest BCUT2D eigenvalue weighted by Crippen LogP contribution is -2.40. The summed E-state index contributed by atoms with van der Waals surface area (Å²) >= 11 is 2.07. The molecule has 2 rings (SSSR count). The van der Waals surface area contributed by atoms with Gasteiger partial charge in [0.25, 0.3) is 0 Å². The van der Waals surface area contributed by atoms with Crippen LogP contribution in [0.25, 0.3) is 0 Å². The molecule has 0 amide bonds. The van der Waals surface area contributed by atoms with Crippen molar-refractivity contribution < 1.29 is 9.47 Å². The van der Waals surface area contributed by atoms with Crippen LogP contribution < -0.4 is 5.32 Å². The van der Waals surface area contributed by atoms with Gasteiger partial charge in [0.15, 0.2) is 0 Å². The number of nitrogens with zero attached hydrogens (tertiary/aromatic N) is 1. The van der Waals surface area contributed by atoms with E-state index >= 15 is 0 Å². The van der Waals surface area contributed by atoms with Gasteiger partial charge < -0.3 is 14.8 Å². The van der Waals surface area contributed by atoms with Crippen molar-refractivity contribution in [2.24, 2.45) is 0 Å². The normalized spacial score (nSPS) is 35.3. The molecule has 0 radical (unpaired) electrons. The second-order valence-corrected chi connectivity index (χ2v) is 5.97. The van der Waals surface area contributed by atoms with Crippen LogP contribution >= 0.6 is 11.8 Å². The Morgan fingerprint density at radius 2 is 1.94 bits per heavy atom. The van der Waals surface area contributed by atoms with Gasteiger partial charge in [0.05, 0.1) is 12.2 Å². The molecule has 2 aliphatic rings. The Morgan fingerprint density at radius 3 is 2.47 bits per heavy atom. The third kappa shape index (κ3) is 3.83. The van der Waals surface area contributed by atoms with E-state index in [0.29, 0.717) is 6.04 Å². The van der Waals surface area contributed by atoms with Crippen LogP contribution in [0.5, 0.6) is 0 Å². The lowest BCUT2D eigenvalue weighted by molar-refractivity contribution is -0.00461. The van der Waals surface area contributed by atoms with E-state index in [4.69, 9.17) is 9.47 Å². The molecule has 0 saturated carbocycles. The molecule has 3 unspecified atom stereocenters. The van der Waals surface area contributed by atoms with E-state index in [1.54, 1.807) is 14.2 Å². The van der Waals surface area contributed by atoms with E-state index in [1.807, 2.05) is 0 Å². The summed E-state index contributed by atoms with van der Waals surface area (Å²) in [7, 11) is 3.55. The molecule has 3 atom stereocenters. The molecule has 0 aromatic rings. The minimum atomic E-state index is 0.244. The summed E-state index contributed by atoms with van der Waals surface area (Å²) < 4.78 is 10.9. The lowest BCUT2D eigenvalue weighted by atomic mass is 10.2. The van der Waals surface area contributed by atoms with E-state index in [2.05, 4.69) is 22.0 Å². The number of likely N-dealkylation sites (tertiary alicyclic amines) is 1. The molecule has 0 bridgehead atoms. The zero-order valence-corrected chi connectivity index (χ0v) is 11.7. The minimum absolute atomic E-state index is 0.244. The van der Waals surface area contributed by atoms with Crippen molar-refractivity contribution in [3.05, 3.63) is 0 Å². The highest BCUT2D eigenvalue weighted by atomic mass is 32.2. The highest BCUT2D eigenvalue weighted by Gasteiger charge is 2.32. The average molecular weight is 260 g/mol. The van der Waals surface area contributed by atoms with Crippen LogP contribution in [-0.4, -0.2) is 75.1 Å². The first-order chi connectivity index (χ1) is 8.33. The van der Waals surface area contributed by atoms with E-state index in [9.17, 15) is 0 Å². The fourth-order valence-electron chi connectivity index (χ4n) is 2.60. The van der Waals surface area contributed by atoms with Crippen molar-refractivity contribution in [1.29, 1.82) is 0 Å². The Balaban J connectivity index is 1.69. The smallest absolute Gasteiger partial charge is 0.0971 e. The number of nitrogens with one attached hydrogen (secondary N) is 1. The molecular weight excluding hydrogens is 236 g/mol.